The summed E-state index contributed by atoms with van der Waals surface area (Å²) in [4.78, 5) is 2.44. The van der Waals surface area contributed by atoms with E-state index in [1.807, 2.05) is 19.9 Å². The molecular weight excluding hydrogens is 248 g/mol. The van der Waals surface area contributed by atoms with E-state index in [1.165, 1.54) is 24.9 Å². The van der Waals surface area contributed by atoms with Crippen molar-refractivity contribution in [2.75, 3.05) is 23.7 Å². The molecule has 1 aromatic carbocycles. The molecule has 0 amide bonds. The maximum Gasteiger partial charge on any atom is 0.123 e. The second kappa shape index (κ2) is 5.94. The molecule has 3 nitrogen and oxygen atoms in total. The predicted octanol–water partition coefficient (Wildman–Crippen LogP) is 4.07. The van der Waals surface area contributed by atoms with Crippen molar-refractivity contribution in [3.8, 4) is 5.75 Å². The Bertz CT molecular complexity index is 454. The van der Waals surface area contributed by atoms with Gasteiger partial charge in [0.1, 0.15) is 5.75 Å². The van der Waals surface area contributed by atoms with Gasteiger partial charge in [-0.2, -0.15) is 0 Å². The van der Waals surface area contributed by atoms with Crippen LogP contribution in [0.1, 0.15) is 47.0 Å². The first kappa shape index (κ1) is 15.0. The number of benzene rings is 1. The maximum atomic E-state index is 6.03. The standard InChI is InChI=1S/C17H28N2O/c1-13(2)20-16-11-14(18)10-15(12-16)19-8-5-6-17(3,4)7-9-19/h10-13H,5-9,18H2,1-4H3. The molecule has 20 heavy (non-hydrogen) atoms. The van der Waals surface area contributed by atoms with Gasteiger partial charge in [0.05, 0.1) is 6.10 Å². The monoisotopic (exact) mass is 276 g/mol. The molecule has 0 aromatic heterocycles. The topological polar surface area (TPSA) is 38.5 Å². The predicted molar refractivity (Wildman–Crippen MR) is 86.5 cm³/mol. The van der Waals surface area contributed by atoms with Gasteiger partial charge in [0.25, 0.3) is 0 Å². The van der Waals surface area contributed by atoms with Crippen molar-refractivity contribution in [1.29, 1.82) is 0 Å². The van der Waals surface area contributed by atoms with Gasteiger partial charge in [-0.15, -0.1) is 0 Å². The van der Waals surface area contributed by atoms with Gasteiger partial charge < -0.3 is 15.4 Å². The first-order valence-corrected chi connectivity index (χ1v) is 7.68. The van der Waals surface area contributed by atoms with Crippen LogP contribution in [0.2, 0.25) is 0 Å². The fourth-order valence-corrected chi connectivity index (χ4v) is 2.81. The van der Waals surface area contributed by atoms with Crippen LogP contribution in [0.5, 0.6) is 5.75 Å². The van der Waals surface area contributed by atoms with E-state index >= 15 is 0 Å². The second-order valence-electron chi connectivity index (χ2n) is 6.93. The van der Waals surface area contributed by atoms with Crippen LogP contribution in [0.4, 0.5) is 11.4 Å². The minimum atomic E-state index is 0.174. The molecule has 0 saturated carbocycles. The molecule has 1 aliphatic heterocycles. The summed E-state index contributed by atoms with van der Waals surface area (Å²) in [7, 11) is 0. The average Bonchev–Trinajstić information content (AvgIpc) is 2.48. The molecule has 2 N–H and O–H groups in total. The van der Waals surface area contributed by atoms with Gasteiger partial charge >= 0.3 is 0 Å². The number of hydrogen-bond donors (Lipinski definition) is 1. The molecular formula is C17H28N2O. The minimum Gasteiger partial charge on any atom is -0.491 e. The summed E-state index contributed by atoms with van der Waals surface area (Å²) in [5.74, 6) is 0.874. The van der Waals surface area contributed by atoms with Crippen molar-refractivity contribution in [1.82, 2.24) is 0 Å². The first-order chi connectivity index (χ1) is 9.35. The van der Waals surface area contributed by atoms with E-state index in [-0.39, 0.29) is 6.10 Å². The average molecular weight is 276 g/mol. The van der Waals surface area contributed by atoms with Crippen LogP contribution < -0.4 is 15.4 Å². The Morgan fingerprint density at radius 2 is 1.90 bits per heavy atom. The molecule has 1 aromatic rings. The van der Waals surface area contributed by atoms with Gasteiger partial charge in [0, 0.05) is 36.6 Å². The van der Waals surface area contributed by atoms with Crippen LogP contribution in [0.15, 0.2) is 18.2 Å². The SMILES string of the molecule is CC(C)Oc1cc(N)cc(N2CCCC(C)(C)CC2)c1. The third kappa shape index (κ3) is 4.06. The fraction of sp³-hybridized carbons (Fsp3) is 0.647. The number of ether oxygens (including phenoxy) is 1. The smallest absolute Gasteiger partial charge is 0.123 e. The van der Waals surface area contributed by atoms with Crippen LogP contribution in [0.25, 0.3) is 0 Å². The Morgan fingerprint density at radius 1 is 1.15 bits per heavy atom. The van der Waals surface area contributed by atoms with E-state index in [4.69, 9.17) is 10.5 Å². The van der Waals surface area contributed by atoms with E-state index in [0.717, 1.165) is 24.5 Å². The second-order valence-corrected chi connectivity index (χ2v) is 6.93. The van der Waals surface area contributed by atoms with Gasteiger partial charge in [-0.25, -0.2) is 0 Å². The third-order valence-electron chi connectivity index (χ3n) is 3.99. The molecule has 0 aliphatic carbocycles. The zero-order valence-electron chi connectivity index (χ0n) is 13.3. The van der Waals surface area contributed by atoms with Crippen molar-refractivity contribution in [2.45, 2.75) is 53.1 Å². The summed E-state index contributed by atoms with van der Waals surface area (Å²) >= 11 is 0. The lowest BCUT2D eigenvalue weighted by atomic mass is 9.85. The molecule has 0 unspecified atom stereocenters. The summed E-state index contributed by atoms with van der Waals surface area (Å²) in [5, 5.41) is 0. The summed E-state index contributed by atoms with van der Waals surface area (Å²) in [6, 6.07) is 6.09. The molecule has 0 atom stereocenters. The zero-order chi connectivity index (χ0) is 14.8. The number of anilines is 2. The first-order valence-electron chi connectivity index (χ1n) is 7.68. The molecule has 2 rings (SSSR count). The zero-order valence-corrected chi connectivity index (χ0v) is 13.3. The number of nitrogens with zero attached hydrogens (tertiary/aromatic N) is 1. The highest BCUT2D eigenvalue weighted by Gasteiger charge is 2.23. The Balaban J connectivity index is 2.17. The van der Waals surface area contributed by atoms with Crippen LogP contribution in [-0.2, 0) is 0 Å². The van der Waals surface area contributed by atoms with E-state index in [9.17, 15) is 0 Å². The number of nitrogen functional groups attached to an aromatic ring is 1. The third-order valence-corrected chi connectivity index (χ3v) is 3.99. The van der Waals surface area contributed by atoms with Crippen LogP contribution in [0.3, 0.4) is 0 Å². The Labute approximate surface area is 123 Å². The molecule has 112 valence electrons. The Morgan fingerprint density at radius 3 is 2.60 bits per heavy atom. The minimum absolute atomic E-state index is 0.174. The molecule has 1 fully saturated rings. The van der Waals surface area contributed by atoms with Gasteiger partial charge in [-0.05, 0) is 44.6 Å². The van der Waals surface area contributed by atoms with Crippen LogP contribution >= 0.6 is 0 Å². The molecule has 0 bridgehead atoms. The number of nitrogens with two attached hydrogens (primary N) is 1. The summed E-state index contributed by atoms with van der Waals surface area (Å²) in [6.45, 7) is 11.0. The Kier molecular flexibility index (Phi) is 4.46. The maximum absolute atomic E-state index is 6.03. The van der Waals surface area contributed by atoms with Crippen LogP contribution in [-0.4, -0.2) is 19.2 Å². The molecule has 0 spiro atoms. The van der Waals surface area contributed by atoms with Crippen molar-refractivity contribution in [2.24, 2.45) is 5.41 Å². The van der Waals surface area contributed by atoms with Crippen molar-refractivity contribution in [3.05, 3.63) is 18.2 Å². The summed E-state index contributed by atoms with van der Waals surface area (Å²) < 4.78 is 5.79. The van der Waals surface area contributed by atoms with Crippen LogP contribution in [0, 0.1) is 5.41 Å². The fourth-order valence-electron chi connectivity index (χ4n) is 2.81. The quantitative estimate of drug-likeness (QED) is 0.846. The number of hydrogen-bond acceptors (Lipinski definition) is 3. The van der Waals surface area contributed by atoms with Gasteiger partial charge in [-0.3, -0.25) is 0 Å². The van der Waals surface area contributed by atoms with Gasteiger partial charge in [0.15, 0.2) is 0 Å². The lowest BCUT2D eigenvalue weighted by molar-refractivity contribution is 0.242. The molecule has 0 radical (unpaired) electrons. The van der Waals surface area contributed by atoms with E-state index in [1.54, 1.807) is 0 Å². The van der Waals surface area contributed by atoms with Crippen molar-refractivity contribution in [3.63, 3.8) is 0 Å². The highest BCUT2D eigenvalue weighted by Crippen LogP contribution is 2.33. The number of rotatable bonds is 3. The van der Waals surface area contributed by atoms with Gasteiger partial charge in [-0.1, -0.05) is 13.8 Å². The summed E-state index contributed by atoms with van der Waals surface area (Å²) in [6.07, 6.45) is 3.93. The molecule has 1 heterocycles. The highest BCUT2D eigenvalue weighted by molar-refractivity contribution is 5.60. The highest BCUT2D eigenvalue weighted by atomic mass is 16.5. The van der Waals surface area contributed by atoms with E-state index < -0.39 is 0 Å². The lowest BCUT2D eigenvalue weighted by Crippen LogP contribution is -2.25. The van der Waals surface area contributed by atoms with Crippen molar-refractivity contribution >= 4 is 11.4 Å². The molecule has 1 saturated heterocycles. The van der Waals surface area contributed by atoms with Crippen molar-refractivity contribution < 1.29 is 4.74 Å². The molecule has 1 aliphatic rings. The molecule has 3 heteroatoms. The normalized spacial score (nSPS) is 18.9. The summed E-state index contributed by atoms with van der Waals surface area (Å²) in [5.41, 5.74) is 8.45. The van der Waals surface area contributed by atoms with Gasteiger partial charge in [0.2, 0.25) is 0 Å². The Hall–Kier alpha value is -1.38. The van der Waals surface area contributed by atoms with E-state index in [0.29, 0.717) is 5.41 Å². The van der Waals surface area contributed by atoms with E-state index in [2.05, 4.69) is 30.9 Å². The largest absolute Gasteiger partial charge is 0.491 e. The lowest BCUT2D eigenvalue weighted by Gasteiger charge is -2.25.